The first kappa shape index (κ1) is 15.9. The van der Waals surface area contributed by atoms with E-state index in [2.05, 4.69) is 40.6 Å². The predicted octanol–water partition coefficient (Wildman–Crippen LogP) is -0.405. The highest BCUT2D eigenvalue weighted by atomic mass is 19.1. The van der Waals surface area contributed by atoms with Crippen molar-refractivity contribution in [2.45, 2.75) is 31.3 Å². The molecule has 0 aromatic carbocycles. The van der Waals surface area contributed by atoms with Crippen LogP contribution in [0.3, 0.4) is 0 Å². The van der Waals surface area contributed by atoms with Gasteiger partial charge >= 0.3 is 0 Å². The van der Waals surface area contributed by atoms with Crippen LogP contribution in [0.4, 0.5) is 10.2 Å². The molecule has 3 unspecified atom stereocenters. The summed E-state index contributed by atoms with van der Waals surface area (Å²) in [6.07, 6.45) is 3.52. The number of hydrogen-bond acceptors (Lipinski definition) is 7. The van der Waals surface area contributed by atoms with Gasteiger partial charge in [-0.3, -0.25) is 20.1 Å². The number of hydrogen-bond donors (Lipinski definition) is 3. The largest absolute Gasteiger partial charge is 0.353 e. The van der Waals surface area contributed by atoms with Crippen LogP contribution in [0.5, 0.6) is 0 Å². The normalized spacial score (nSPS) is 30.6. The number of alkyl halides is 1. The molecule has 3 N–H and O–H groups in total. The topological polar surface area (TPSA) is 102 Å². The van der Waals surface area contributed by atoms with Crippen molar-refractivity contribution in [3.63, 3.8) is 0 Å². The summed E-state index contributed by atoms with van der Waals surface area (Å²) in [6.45, 7) is 3.02. The van der Waals surface area contributed by atoms with Crippen molar-refractivity contribution >= 4 is 22.8 Å². The van der Waals surface area contributed by atoms with E-state index in [0.717, 1.165) is 55.9 Å². The first-order valence-corrected chi connectivity index (χ1v) is 9.04. The molecular formula is C16H21FN8O. The number of nitrogens with zero attached hydrogens (tertiary/aromatic N) is 5. The van der Waals surface area contributed by atoms with Gasteiger partial charge in [-0.2, -0.15) is 5.10 Å². The quantitative estimate of drug-likeness (QED) is 0.684. The number of nitrogens with one attached hydrogen (secondary N) is 3. The molecule has 1 saturated carbocycles. The lowest BCUT2D eigenvalue weighted by atomic mass is 10.0. The first-order valence-electron chi connectivity index (χ1n) is 9.04. The molecule has 1 amide bonds. The number of rotatable bonds is 3. The Balaban J connectivity index is 1.27. The molecule has 0 spiro atoms. The summed E-state index contributed by atoms with van der Waals surface area (Å²) in [4.78, 5) is 24.9. The van der Waals surface area contributed by atoms with Crippen molar-refractivity contribution in [1.29, 1.82) is 0 Å². The molecule has 3 aliphatic rings. The number of amides is 1. The van der Waals surface area contributed by atoms with E-state index in [9.17, 15) is 9.18 Å². The minimum absolute atomic E-state index is 0.287. The van der Waals surface area contributed by atoms with Gasteiger partial charge in [0, 0.05) is 26.2 Å². The number of carbonyl (C=O) groups excluding carboxylic acids is 1. The number of fused-ring (bicyclic) bond motifs is 1. The SMILES string of the molecule is O=C1NC(N2CCN(c3ncnc4[nH]ncc34)CC2)NC(C2CC2)C1F. The van der Waals surface area contributed by atoms with Gasteiger partial charge in [0.15, 0.2) is 11.8 Å². The average Bonchev–Trinajstić information content (AvgIpc) is 3.39. The summed E-state index contributed by atoms with van der Waals surface area (Å²) in [6, 6.07) is -0.362. The Kier molecular flexibility index (Phi) is 3.75. The van der Waals surface area contributed by atoms with E-state index < -0.39 is 12.1 Å². The maximum absolute atomic E-state index is 14.1. The van der Waals surface area contributed by atoms with E-state index in [1.54, 1.807) is 6.20 Å². The molecule has 9 nitrogen and oxygen atoms in total. The fourth-order valence-electron chi connectivity index (χ4n) is 3.91. The fraction of sp³-hybridized carbons (Fsp3) is 0.625. The summed E-state index contributed by atoms with van der Waals surface area (Å²) >= 11 is 0. The Bertz CT molecular complexity index is 815. The van der Waals surface area contributed by atoms with Crippen LogP contribution in [-0.4, -0.2) is 75.7 Å². The molecule has 2 aromatic rings. The summed E-state index contributed by atoms with van der Waals surface area (Å²) < 4.78 is 14.1. The van der Waals surface area contributed by atoms with Crippen molar-refractivity contribution in [2.75, 3.05) is 31.1 Å². The molecule has 26 heavy (non-hydrogen) atoms. The molecule has 10 heteroatoms. The third-order valence-corrected chi connectivity index (χ3v) is 5.53. The van der Waals surface area contributed by atoms with Gasteiger partial charge in [-0.05, 0) is 18.8 Å². The highest BCUT2D eigenvalue weighted by molar-refractivity contribution is 5.86. The monoisotopic (exact) mass is 360 g/mol. The van der Waals surface area contributed by atoms with Gasteiger partial charge in [0.2, 0.25) is 0 Å². The van der Waals surface area contributed by atoms with Crippen LogP contribution in [0, 0.1) is 5.92 Å². The van der Waals surface area contributed by atoms with E-state index in [-0.39, 0.29) is 18.2 Å². The van der Waals surface area contributed by atoms with Crippen molar-refractivity contribution in [1.82, 2.24) is 35.7 Å². The Morgan fingerprint density at radius 1 is 1.15 bits per heavy atom. The molecule has 1 aliphatic carbocycles. The summed E-state index contributed by atoms with van der Waals surface area (Å²) in [5.41, 5.74) is 0.722. The minimum Gasteiger partial charge on any atom is -0.353 e. The number of H-pyrrole nitrogens is 1. The molecule has 3 fully saturated rings. The van der Waals surface area contributed by atoms with Crippen molar-refractivity contribution in [3.05, 3.63) is 12.5 Å². The van der Waals surface area contributed by atoms with E-state index in [1.807, 2.05) is 0 Å². The lowest BCUT2D eigenvalue weighted by Crippen LogP contribution is -2.70. The van der Waals surface area contributed by atoms with E-state index in [4.69, 9.17) is 0 Å². The Morgan fingerprint density at radius 2 is 1.96 bits per heavy atom. The van der Waals surface area contributed by atoms with E-state index in [0.29, 0.717) is 0 Å². The number of aromatic amines is 1. The Labute approximate surface area is 149 Å². The van der Waals surface area contributed by atoms with Gasteiger partial charge in [0.05, 0.1) is 17.6 Å². The Hall–Kier alpha value is -2.33. The zero-order valence-corrected chi connectivity index (χ0v) is 14.2. The Morgan fingerprint density at radius 3 is 2.73 bits per heavy atom. The van der Waals surface area contributed by atoms with Gasteiger partial charge < -0.3 is 10.2 Å². The van der Waals surface area contributed by atoms with E-state index in [1.165, 1.54) is 6.33 Å². The number of aromatic nitrogens is 4. The second-order valence-corrected chi connectivity index (χ2v) is 7.20. The number of anilines is 1. The van der Waals surface area contributed by atoms with Crippen molar-refractivity contribution in [2.24, 2.45) is 5.92 Å². The molecule has 2 aliphatic heterocycles. The molecule has 0 bridgehead atoms. The van der Waals surface area contributed by atoms with Crippen molar-refractivity contribution in [3.8, 4) is 0 Å². The van der Waals surface area contributed by atoms with Gasteiger partial charge in [0.1, 0.15) is 18.4 Å². The summed E-state index contributed by atoms with van der Waals surface area (Å²) in [5.74, 6) is 0.655. The van der Waals surface area contributed by atoms with Crippen LogP contribution in [0.15, 0.2) is 12.5 Å². The molecular weight excluding hydrogens is 339 g/mol. The molecule has 138 valence electrons. The third-order valence-electron chi connectivity index (χ3n) is 5.53. The summed E-state index contributed by atoms with van der Waals surface area (Å²) in [7, 11) is 0. The molecule has 3 atom stereocenters. The van der Waals surface area contributed by atoms with Crippen LogP contribution >= 0.6 is 0 Å². The van der Waals surface area contributed by atoms with Gasteiger partial charge in [-0.1, -0.05) is 0 Å². The smallest absolute Gasteiger partial charge is 0.258 e. The maximum atomic E-state index is 14.1. The highest BCUT2D eigenvalue weighted by Gasteiger charge is 2.46. The fourth-order valence-corrected chi connectivity index (χ4v) is 3.91. The van der Waals surface area contributed by atoms with Gasteiger partial charge in [-0.25, -0.2) is 14.4 Å². The van der Waals surface area contributed by atoms with Crippen molar-refractivity contribution < 1.29 is 9.18 Å². The van der Waals surface area contributed by atoms with E-state index >= 15 is 0 Å². The average molecular weight is 360 g/mol. The lowest BCUT2D eigenvalue weighted by molar-refractivity contribution is -0.134. The number of piperazine rings is 1. The van der Waals surface area contributed by atoms with Gasteiger partial charge in [-0.15, -0.1) is 0 Å². The molecule has 4 heterocycles. The second kappa shape index (κ2) is 6.13. The standard InChI is InChI=1S/C16H21FN8O/c17-11-12(9-1-2-9)21-16(22-15(11)26)25-5-3-24(4-6-25)14-10-7-20-23-13(10)18-8-19-14/h7-9,11-12,16,21H,1-6H2,(H,22,26)(H,18,19,20,23). The van der Waals surface area contributed by atoms with Crippen LogP contribution in [0.1, 0.15) is 12.8 Å². The zero-order valence-electron chi connectivity index (χ0n) is 14.2. The second-order valence-electron chi connectivity index (χ2n) is 7.20. The van der Waals surface area contributed by atoms with Crippen LogP contribution < -0.4 is 15.5 Å². The molecule has 2 aromatic heterocycles. The van der Waals surface area contributed by atoms with Crippen LogP contribution in [0.25, 0.3) is 11.0 Å². The first-order chi connectivity index (χ1) is 12.7. The number of carbonyl (C=O) groups is 1. The highest BCUT2D eigenvalue weighted by Crippen LogP contribution is 2.36. The lowest BCUT2D eigenvalue weighted by Gasteiger charge is -2.44. The summed E-state index contributed by atoms with van der Waals surface area (Å²) in [5, 5.41) is 13.9. The minimum atomic E-state index is -1.45. The molecule has 2 saturated heterocycles. The van der Waals surface area contributed by atoms with Crippen LogP contribution in [0.2, 0.25) is 0 Å². The molecule has 5 rings (SSSR count). The third kappa shape index (κ3) is 2.69. The molecule has 0 radical (unpaired) electrons. The zero-order chi connectivity index (χ0) is 17.7. The maximum Gasteiger partial charge on any atom is 0.258 e. The predicted molar refractivity (Wildman–Crippen MR) is 91.9 cm³/mol. The number of halogens is 1. The van der Waals surface area contributed by atoms with Gasteiger partial charge in [0.25, 0.3) is 5.91 Å². The van der Waals surface area contributed by atoms with Crippen LogP contribution in [-0.2, 0) is 4.79 Å².